The summed E-state index contributed by atoms with van der Waals surface area (Å²) in [4.78, 5) is 33.3. The van der Waals surface area contributed by atoms with Gasteiger partial charge < -0.3 is 15.8 Å². The molecule has 0 radical (unpaired) electrons. The Hall–Kier alpha value is -1.12. The molecule has 2 aliphatic heterocycles. The zero-order chi connectivity index (χ0) is 19.7. The summed E-state index contributed by atoms with van der Waals surface area (Å²) in [5.41, 5.74) is 5.13. The number of carbonyl (C=O) groups excluding carboxylic acids is 3. The molecule has 0 spiro atoms. The quantitative estimate of drug-likeness (QED) is 0.537. The molecule has 0 aromatic heterocycles. The number of hydrogen-bond acceptors (Lipinski definition) is 6. The standard InChI is InChI=1S/C12H26N2O2.C6H7NO2S/c1-5-6-7-11(15)14-9-12(3,4)16-10(2)8-13;8-5-3-1-10-2-4(3)6(9)7-5/h10H,5-9,13H2,1-4H3,(H,14,15);3-4H,1-2H2,(H,7,8,9). The average molecular weight is 388 g/mol. The van der Waals surface area contributed by atoms with Crippen LogP contribution in [0.1, 0.15) is 47.0 Å². The lowest BCUT2D eigenvalue weighted by atomic mass is 10.00. The monoisotopic (exact) mass is 387 g/mol. The van der Waals surface area contributed by atoms with Gasteiger partial charge in [0, 0.05) is 31.0 Å². The van der Waals surface area contributed by atoms with Crippen molar-refractivity contribution in [1.82, 2.24) is 10.6 Å². The number of imide groups is 1. The SMILES string of the molecule is CCCCC(=O)NCC(C)(C)OC(C)CN.O=C1NC(=O)C2CSCC12. The highest BCUT2D eigenvalue weighted by atomic mass is 32.2. The Morgan fingerprint density at radius 3 is 2.42 bits per heavy atom. The second kappa shape index (κ2) is 10.9. The fraction of sp³-hybridized carbons (Fsp3) is 0.833. The van der Waals surface area contributed by atoms with Gasteiger partial charge in [-0.15, -0.1) is 0 Å². The number of thioether (sulfide) groups is 1. The molecule has 2 fully saturated rings. The Labute approximate surface area is 160 Å². The van der Waals surface area contributed by atoms with E-state index in [9.17, 15) is 14.4 Å². The molecule has 4 N–H and O–H groups in total. The Kier molecular flexibility index (Phi) is 9.60. The molecule has 0 bridgehead atoms. The van der Waals surface area contributed by atoms with Crippen LogP contribution in [-0.4, -0.2) is 54.0 Å². The van der Waals surface area contributed by atoms with E-state index in [0.717, 1.165) is 24.3 Å². The van der Waals surface area contributed by atoms with E-state index in [1.165, 1.54) is 0 Å². The van der Waals surface area contributed by atoms with Gasteiger partial charge in [-0.2, -0.15) is 11.8 Å². The van der Waals surface area contributed by atoms with Crippen LogP contribution in [0.25, 0.3) is 0 Å². The molecule has 2 saturated heterocycles. The third-order valence-electron chi connectivity index (χ3n) is 4.32. The van der Waals surface area contributed by atoms with Gasteiger partial charge in [-0.1, -0.05) is 13.3 Å². The Morgan fingerprint density at radius 2 is 1.92 bits per heavy atom. The Balaban J connectivity index is 0.000000284. The molecular formula is C18H33N3O4S. The Bertz CT molecular complexity index is 479. The summed E-state index contributed by atoms with van der Waals surface area (Å²) in [6, 6.07) is 0. The molecule has 2 rings (SSSR count). The van der Waals surface area contributed by atoms with Gasteiger partial charge in [0.25, 0.3) is 0 Å². The van der Waals surface area contributed by atoms with E-state index in [2.05, 4.69) is 17.6 Å². The molecule has 0 saturated carbocycles. The van der Waals surface area contributed by atoms with Gasteiger partial charge >= 0.3 is 0 Å². The Morgan fingerprint density at radius 1 is 1.35 bits per heavy atom. The first-order chi connectivity index (χ1) is 12.2. The number of carbonyl (C=O) groups is 3. The predicted molar refractivity (Wildman–Crippen MR) is 104 cm³/mol. The van der Waals surface area contributed by atoms with Crippen molar-refractivity contribution in [3.8, 4) is 0 Å². The van der Waals surface area contributed by atoms with Crippen molar-refractivity contribution in [3.05, 3.63) is 0 Å². The molecular weight excluding hydrogens is 354 g/mol. The van der Waals surface area contributed by atoms with Crippen LogP contribution in [0.15, 0.2) is 0 Å². The highest BCUT2D eigenvalue weighted by Gasteiger charge is 2.44. The summed E-state index contributed by atoms with van der Waals surface area (Å²) in [6.07, 6.45) is 2.59. The van der Waals surface area contributed by atoms with E-state index in [1.54, 1.807) is 11.8 Å². The van der Waals surface area contributed by atoms with E-state index < -0.39 is 0 Å². The molecule has 26 heavy (non-hydrogen) atoms. The van der Waals surface area contributed by atoms with E-state index in [0.29, 0.717) is 19.5 Å². The molecule has 0 aromatic carbocycles. The molecule has 3 unspecified atom stereocenters. The van der Waals surface area contributed by atoms with Gasteiger partial charge in [-0.3, -0.25) is 19.7 Å². The van der Waals surface area contributed by atoms with Crippen molar-refractivity contribution in [1.29, 1.82) is 0 Å². The lowest BCUT2D eigenvalue weighted by Crippen LogP contribution is -2.43. The molecule has 0 aromatic rings. The molecule has 3 atom stereocenters. The molecule has 150 valence electrons. The van der Waals surface area contributed by atoms with E-state index >= 15 is 0 Å². The maximum atomic E-state index is 11.4. The smallest absolute Gasteiger partial charge is 0.231 e. The van der Waals surface area contributed by atoms with Crippen molar-refractivity contribution < 1.29 is 19.1 Å². The molecule has 2 heterocycles. The minimum Gasteiger partial charge on any atom is -0.369 e. The van der Waals surface area contributed by atoms with Crippen LogP contribution in [0, 0.1) is 11.8 Å². The van der Waals surface area contributed by atoms with Crippen LogP contribution >= 0.6 is 11.8 Å². The number of hydrogen-bond donors (Lipinski definition) is 3. The van der Waals surface area contributed by atoms with Crippen molar-refractivity contribution in [3.63, 3.8) is 0 Å². The summed E-state index contributed by atoms with van der Waals surface area (Å²) in [5.74, 6) is 1.57. The lowest BCUT2D eigenvalue weighted by Gasteiger charge is -2.29. The third-order valence-corrected chi connectivity index (χ3v) is 5.51. The predicted octanol–water partition coefficient (Wildman–Crippen LogP) is 1.06. The topological polar surface area (TPSA) is 111 Å². The molecule has 0 aliphatic carbocycles. The molecule has 8 heteroatoms. The number of nitrogens with two attached hydrogens (primary N) is 1. The van der Waals surface area contributed by atoms with Gasteiger partial charge in [0.15, 0.2) is 0 Å². The van der Waals surface area contributed by atoms with Crippen LogP contribution in [-0.2, 0) is 19.1 Å². The summed E-state index contributed by atoms with van der Waals surface area (Å²) in [7, 11) is 0. The van der Waals surface area contributed by atoms with Crippen molar-refractivity contribution in [2.75, 3.05) is 24.6 Å². The minimum atomic E-state index is -0.360. The fourth-order valence-electron chi connectivity index (χ4n) is 2.75. The fourth-order valence-corrected chi connectivity index (χ4v) is 4.16. The highest BCUT2D eigenvalue weighted by Crippen LogP contribution is 2.33. The second-order valence-electron chi connectivity index (χ2n) is 7.41. The van der Waals surface area contributed by atoms with E-state index in [4.69, 9.17) is 10.5 Å². The number of unbranched alkanes of at least 4 members (excludes halogenated alkanes) is 1. The zero-order valence-corrected chi connectivity index (χ0v) is 17.1. The number of amides is 3. The minimum absolute atomic E-state index is 0.0162. The van der Waals surface area contributed by atoms with E-state index in [1.807, 2.05) is 20.8 Å². The number of ether oxygens (including phenoxy) is 1. The van der Waals surface area contributed by atoms with Crippen LogP contribution in [0.3, 0.4) is 0 Å². The lowest BCUT2D eigenvalue weighted by molar-refractivity contribution is -0.126. The van der Waals surface area contributed by atoms with Crippen LogP contribution in [0.5, 0.6) is 0 Å². The van der Waals surface area contributed by atoms with Crippen LogP contribution in [0.4, 0.5) is 0 Å². The van der Waals surface area contributed by atoms with Gasteiger partial charge in [0.1, 0.15) is 0 Å². The third kappa shape index (κ3) is 7.63. The summed E-state index contributed by atoms with van der Waals surface area (Å²) >= 11 is 1.69. The van der Waals surface area contributed by atoms with Crippen molar-refractivity contribution in [2.24, 2.45) is 17.6 Å². The maximum absolute atomic E-state index is 11.4. The summed E-state index contributed by atoms with van der Waals surface area (Å²) in [5, 5.41) is 5.21. The average Bonchev–Trinajstić information content (AvgIpc) is 3.17. The van der Waals surface area contributed by atoms with Crippen LogP contribution in [0.2, 0.25) is 0 Å². The normalized spacial score (nSPS) is 23.0. The van der Waals surface area contributed by atoms with Gasteiger partial charge in [0.2, 0.25) is 17.7 Å². The highest BCUT2D eigenvalue weighted by molar-refractivity contribution is 7.99. The van der Waals surface area contributed by atoms with Crippen molar-refractivity contribution in [2.45, 2.75) is 58.7 Å². The first kappa shape index (κ1) is 22.9. The van der Waals surface area contributed by atoms with Crippen molar-refractivity contribution >= 4 is 29.5 Å². The van der Waals surface area contributed by atoms with Gasteiger partial charge in [-0.25, -0.2) is 0 Å². The first-order valence-electron chi connectivity index (χ1n) is 9.27. The number of fused-ring (bicyclic) bond motifs is 1. The van der Waals surface area contributed by atoms with Crippen LogP contribution < -0.4 is 16.4 Å². The number of rotatable bonds is 8. The summed E-state index contributed by atoms with van der Waals surface area (Å²) in [6.45, 7) is 8.94. The molecule has 2 aliphatic rings. The largest absolute Gasteiger partial charge is 0.369 e. The maximum Gasteiger partial charge on any atom is 0.231 e. The van der Waals surface area contributed by atoms with Gasteiger partial charge in [-0.05, 0) is 27.2 Å². The first-order valence-corrected chi connectivity index (χ1v) is 10.4. The molecule has 3 amide bonds. The summed E-state index contributed by atoms with van der Waals surface area (Å²) < 4.78 is 5.70. The number of nitrogens with one attached hydrogen (secondary N) is 2. The van der Waals surface area contributed by atoms with E-state index in [-0.39, 0.29) is 41.3 Å². The molecule has 7 nitrogen and oxygen atoms in total. The second-order valence-corrected chi connectivity index (χ2v) is 8.48. The van der Waals surface area contributed by atoms with Gasteiger partial charge in [0.05, 0.1) is 23.5 Å². The zero-order valence-electron chi connectivity index (χ0n) is 16.3.